The summed E-state index contributed by atoms with van der Waals surface area (Å²) in [6, 6.07) is 4.98. The van der Waals surface area contributed by atoms with Crippen molar-refractivity contribution in [3.05, 3.63) is 32.9 Å². The second-order valence-electron chi connectivity index (χ2n) is 4.32. The fourth-order valence-corrected chi connectivity index (χ4v) is 2.43. The minimum atomic E-state index is -0.0517. The van der Waals surface area contributed by atoms with E-state index in [1.54, 1.807) is 6.07 Å². The number of halogens is 3. The zero-order chi connectivity index (χ0) is 16.8. The van der Waals surface area contributed by atoms with Crippen LogP contribution in [0.3, 0.4) is 0 Å². The van der Waals surface area contributed by atoms with Gasteiger partial charge in [0.05, 0.1) is 35.4 Å². The third-order valence-corrected chi connectivity index (χ3v) is 3.74. The standard InChI is InChI=1S/C14H12Cl3N3O3/c15-8-5-9(12(17)10(16)6-8)13-20-11(7-18)14(23-13)19-1-3-22-4-2-21/h5-6,19,21H,1-4H2. The molecule has 0 aliphatic rings. The fourth-order valence-electron chi connectivity index (χ4n) is 1.75. The first-order chi connectivity index (χ1) is 11.1. The second kappa shape index (κ2) is 8.39. The molecule has 122 valence electrons. The quantitative estimate of drug-likeness (QED) is 0.567. The van der Waals surface area contributed by atoms with Gasteiger partial charge in [0, 0.05) is 11.6 Å². The summed E-state index contributed by atoms with van der Waals surface area (Å²) in [4.78, 5) is 4.08. The van der Waals surface area contributed by atoms with Crippen molar-refractivity contribution in [3.8, 4) is 17.5 Å². The lowest BCUT2D eigenvalue weighted by Crippen LogP contribution is -2.11. The number of aliphatic hydroxyl groups excluding tert-OH is 1. The van der Waals surface area contributed by atoms with Gasteiger partial charge >= 0.3 is 0 Å². The van der Waals surface area contributed by atoms with Crippen molar-refractivity contribution < 1.29 is 14.3 Å². The van der Waals surface area contributed by atoms with Crippen LogP contribution in [0, 0.1) is 11.3 Å². The first kappa shape index (κ1) is 17.9. The molecule has 2 N–H and O–H groups in total. The van der Waals surface area contributed by atoms with Crippen LogP contribution in [0.5, 0.6) is 0 Å². The lowest BCUT2D eigenvalue weighted by Gasteiger charge is -2.04. The van der Waals surface area contributed by atoms with E-state index in [9.17, 15) is 0 Å². The Balaban J connectivity index is 2.21. The molecule has 0 atom stereocenters. The predicted octanol–water partition coefficient (Wildman–Crippen LogP) is 3.59. The molecular weight excluding hydrogens is 365 g/mol. The van der Waals surface area contributed by atoms with Gasteiger partial charge in [0.1, 0.15) is 6.07 Å². The number of aliphatic hydroxyl groups is 1. The Bertz CT molecular complexity index is 728. The Morgan fingerprint density at radius 3 is 2.78 bits per heavy atom. The van der Waals surface area contributed by atoms with Crippen LogP contribution in [-0.2, 0) is 4.74 Å². The predicted molar refractivity (Wildman–Crippen MR) is 88.1 cm³/mol. The SMILES string of the molecule is N#Cc1nc(-c2cc(Cl)cc(Cl)c2Cl)oc1NCCOCCO. The number of aromatic nitrogens is 1. The minimum absolute atomic E-state index is 0.0517. The number of nitriles is 1. The molecule has 1 aromatic heterocycles. The summed E-state index contributed by atoms with van der Waals surface area (Å²) < 4.78 is 10.6. The molecule has 0 radical (unpaired) electrons. The summed E-state index contributed by atoms with van der Waals surface area (Å²) in [6.07, 6.45) is 0. The summed E-state index contributed by atoms with van der Waals surface area (Å²) in [5.41, 5.74) is 0.472. The number of hydrogen-bond donors (Lipinski definition) is 2. The minimum Gasteiger partial charge on any atom is -0.419 e. The Morgan fingerprint density at radius 2 is 2.09 bits per heavy atom. The highest BCUT2D eigenvalue weighted by Crippen LogP contribution is 2.37. The molecule has 1 heterocycles. The summed E-state index contributed by atoms with van der Waals surface area (Å²) in [7, 11) is 0. The summed E-state index contributed by atoms with van der Waals surface area (Å²) in [5, 5.41) is 21.5. The van der Waals surface area contributed by atoms with E-state index >= 15 is 0 Å². The van der Waals surface area contributed by atoms with Crippen LogP contribution >= 0.6 is 34.8 Å². The van der Waals surface area contributed by atoms with E-state index in [-0.39, 0.29) is 40.7 Å². The number of ether oxygens (including phenoxy) is 1. The Kier molecular flexibility index (Phi) is 6.51. The van der Waals surface area contributed by atoms with E-state index in [2.05, 4.69) is 10.3 Å². The second-order valence-corrected chi connectivity index (χ2v) is 5.54. The summed E-state index contributed by atoms with van der Waals surface area (Å²) in [6.45, 7) is 0.910. The largest absolute Gasteiger partial charge is 0.419 e. The van der Waals surface area contributed by atoms with Crippen molar-refractivity contribution in [2.75, 3.05) is 31.7 Å². The third-order valence-electron chi connectivity index (χ3n) is 2.72. The molecule has 0 spiro atoms. The van der Waals surface area contributed by atoms with Crippen LogP contribution in [0.15, 0.2) is 16.5 Å². The molecule has 0 amide bonds. The van der Waals surface area contributed by atoms with E-state index in [1.807, 2.05) is 6.07 Å². The maximum Gasteiger partial charge on any atom is 0.232 e. The van der Waals surface area contributed by atoms with E-state index in [1.165, 1.54) is 6.07 Å². The van der Waals surface area contributed by atoms with Crippen LogP contribution in [-0.4, -0.2) is 36.5 Å². The molecule has 0 aliphatic carbocycles. The van der Waals surface area contributed by atoms with Gasteiger partial charge in [-0.25, -0.2) is 0 Å². The lowest BCUT2D eigenvalue weighted by molar-refractivity contribution is 0.0990. The molecule has 0 unspecified atom stereocenters. The maximum atomic E-state index is 9.14. The van der Waals surface area contributed by atoms with Gasteiger partial charge in [-0.05, 0) is 12.1 Å². The molecule has 2 aromatic rings. The summed E-state index contributed by atoms with van der Waals surface area (Å²) >= 11 is 18.1. The first-order valence-electron chi connectivity index (χ1n) is 6.55. The highest BCUT2D eigenvalue weighted by Gasteiger charge is 2.18. The normalized spacial score (nSPS) is 10.6. The van der Waals surface area contributed by atoms with Crippen molar-refractivity contribution >= 4 is 40.7 Å². The van der Waals surface area contributed by atoms with Crippen molar-refractivity contribution in [2.24, 2.45) is 0 Å². The van der Waals surface area contributed by atoms with Crippen molar-refractivity contribution in [1.29, 1.82) is 5.26 Å². The molecule has 23 heavy (non-hydrogen) atoms. The number of oxazole rings is 1. The molecule has 2 rings (SSSR count). The zero-order valence-corrected chi connectivity index (χ0v) is 14.0. The van der Waals surface area contributed by atoms with Gasteiger partial charge in [0.2, 0.25) is 17.5 Å². The third kappa shape index (κ3) is 4.50. The van der Waals surface area contributed by atoms with Crippen molar-refractivity contribution in [3.63, 3.8) is 0 Å². The number of rotatable bonds is 7. The van der Waals surface area contributed by atoms with E-state index in [0.29, 0.717) is 23.7 Å². The lowest BCUT2D eigenvalue weighted by atomic mass is 10.2. The average molecular weight is 377 g/mol. The molecule has 0 saturated heterocycles. The molecule has 9 heteroatoms. The molecule has 0 aliphatic heterocycles. The number of anilines is 1. The first-order valence-corrected chi connectivity index (χ1v) is 7.68. The maximum absolute atomic E-state index is 9.14. The molecule has 0 fully saturated rings. The zero-order valence-electron chi connectivity index (χ0n) is 11.8. The highest BCUT2D eigenvalue weighted by atomic mass is 35.5. The van der Waals surface area contributed by atoms with E-state index in [4.69, 9.17) is 54.3 Å². The van der Waals surface area contributed by atoms with Crippen LogP contribution in [0.2, 0.25) is 15.1 Å². The van der Waals surface area contributed by atoms with Gasteiger partial charge in [-0.1, -0.05) is 34.8 Å². The smallest absolute Gasteiger partial charge is 0.232 e. The van der Waals surface area contributed by atoms with Gasteiger partial charge in [-0.2, -0.15) is 10.2 Å². The monoisotopic (exact) mass is 375 g/mol. The fraction of sp³-hybridized carbons (Fsp3) is 0.286. The number of nitrogens with zero attached hydrogens (tertiary/aromatic N) is 2. The van der Waals surface area contributed by atoms with E-state index < -0.39 is 0 Å². The highest BCUT2D eigenvalue weighted by molar-refractivity contribution is 6.44. The van der Waals surface area contributed by atoms with Gasteiger partial charge in [0.25, 0.3) is 0 Å². The Labute approximate surface area is 147 Å². The van der Waals surface area contributed by atoms with Crippen LogP contribution in [0.25, 0.3) is 11.5 Å². The van der Waals surface area contributed by atoms with Crippen molar-refractivity contribution in [1.82, 2.24) is 4.98 Å². The van der Waals surface area contributed by atoms with Gasteiger partial charge in [-0.3, -0.25) is 0 Å². The van der Waals surface area contributed by atoms with Gasteiger partial charge < -0.3 is 19.6 Å². The summed E-state index contributed by atoms with van der Waals surface area (Å²) in [5.74, 6) is 0.331. The van der Waals surface area contributed by atoms with Crippen molar-refractivity contribution in [2.45, 2.75) is 0 Å². The molecule has 0 bridgehead atoms. The van der Waals surface area contributed by atoms with E-state index in [0.717, 1.165) is 0 Å². The Hall–Kier alpha value is -1.49. The number of hydrogen-bond acceptors (Lipinski definition) is 6. The van der Waals surface area contributed by atoms with Gasteiger partial charge in [-0.15, -0.1) is 0 Å². The van der Waals surface area contributed by atoms with Crippen LogP contribution < -0.4 is 5.32 Å². The van der Waals surface area contributed by atoms with Crippen LogP contribution in [0.1, 0.15) is 5.69 Å². The number of nitrogens with one attached hydrogen (secondary N) is 1. The van der Waals surface area contributed by atoms with Gasteiger partial charge in [0.15, 0.2) is 0 Å². The molecule has 1 aromatic carbocycles. The topological polar surface area (TPSA) is 91.3 Å². The Morgan fingerprint density at radius 1 is 1.30 bits per heavy atom. The van der Waals surface area contributed by atoms with Crippen LogP contribution in [0.4, 0.5) is 5.88 Å². The molecular formula is C14H12Cl3N3O3. The molecule has 0 saturated carbocycles. The number of benzene rings is 1. The molecule has 6 nitrogen and oxygen atoms in total. The average Bonchev–Trinajstić information content (AvgIpc) is 2.93.